The molecular formula is C9H13NO2S. The van der Waals surface area contributed by atoms with Gasteiger partial charge >= 0.3 is 5.97 Å². The molecule has 1 aliphatic carbocycles. The van der Waals surface area contributed by atoms with Crippen molar-refractivity contribution in [3.8, 4) is 0 Å². The van der Waals surface area contributed by atoms with Crippen LogP contribution in [0.2, 0.25) is 0 Å². The Hall–Kier alpha value is -0.730. The molecule has 0 unspecified atom stereocenters. The average Bonchev–Trinajstić information content (AvgIpc) is 2.54. The van der Waals surface area contributed by atoms with Crippen molar-refractivity contribution >= 4 is 23.3 Å². The maximum absolute atomic E-state index is 11.4. The number of nitrogens with zero attached hydrogens (tertiary/aromatic N) is 1. The Balaban J connectivity index is 2.57. The third kappa shape index (κ3) is 2.61. The Kier molecular flexibility index (Phi) is 4.06. The second-order valence-corrected chi connectivity index (χ2v) is 3.26. The molecule has 0 spiro atoms. The van der Waals surface area contributed by atoms with Crippen LogP contribution < -0.4 is 0 Å². The summed E-state index contributed by atoms with van der Waals surface area (Å²) in [5.41, 5.74) is 0. The number of esters is 1. The van der Waals surface area contributed by atoms with Gasteiger partial charge in [0.2, 0.25) is 0 Å². The number of carbonyl (C=O) groups excluding carboxylic acids is 1. The fourth-order valence-corrected chi connectivity index (χ4v) is 1.82. The van der Waals surface area contributed by atoms with E-state index in [-0.39, 0.29) is 17.9 Å². The first-order valence-corrected chi connectivity index (χ1v) is 4.94. The van der Waals surface area contributed by atoms with Crippen LogP contribution in [0.15, 0.2) is 4.99 Å². The van der Waals surface area contributed by atoms with Gasteiger partial charge in [-0.15, -0.1) is 0 Å². The lowest BCUT2D eigenvalue weighted by Crippen LogP contribution is -2.23. The first-order chi connectivity index (χ1) is 6.29. The Morgan fingerprint density at radius 3 is 3.08 bits per heavy atom. The molecule has 0 heterocycles. The van der Waals surface area contributed by atoms with Gasteiger partial charge in [0.15, 0.2) is 0 Å². The monoisotopic (exact) mass is 199 g/mol. The molecule has 0 N–H and O–H groups in total. The van der Waals surface area contributed by atoms with Crippen molar-refractivity contribution in [1.82, 2.24) is 0 Å². The lowest BCUT2D eigenvalue weighted by atomic mass is 10.1. The first kappa shape index (κ1) is 10.4. The molecule has 3 nitrogen and oxygen atoms in total. The molecule has 0 saturated heterocycles. The predicted molar refractivity (Wildman–Crippen MR) is 52.8 cm³/mol. The lowest BCUT2D eigenvalue weighted by molar-refractivity contribution is -0.148. The van der Waals surface area contributed by atoms with Crippen molar-refractivity contribution in [2.45, 2.75) is 32.2 Å². The molecule has 2 atom stereocenters. The van der Waals surface area contributed by atoms with E-state index in [1.165, 1.54) is 0 Å². The van der Waals surface area contributed by atoms with Gasteiger partial charge in [0.25, 0.3) is 0 Å². The molecule has 1 fully saturated rings. The van der Waals surface area contributed by atoms with Gasteiger partial charge in [0, 0.05) is 0 Å². The molecule has 0 aromatic rings. The molecule has 13 heavy (non-hydrogen) atoms. The maximum atomic E-state index is 11.4. The minimum Gasteiger partial charge on any atom is -0.466 e. The predicted octanol–water partition coefficient (Wildman–Crippen LogP) is 1.82. The van der Waals surface area contributed by atoms with E-state index in [2.05, 4.69) is 22.4 Å². The maximum Gasteiger partial charge on any atom is 0.311 e. The van der Waals surface area contributed by atoms with Gasteiger partial charge in [-0.3, -0.25) is 4.79 Å². The number of hydrogen-bond acceptors (Lipinski definition) is 4. The van der Waals surface area contributed by atoms with E-state index in [9.17, 15) is 4.79 Å². The standard InChI is InChI=1S/C9H13NO2S/c1-2-12-9(11)7-4-3-5-8(7)10-6-13/h7-8H,2-5H2,1H3/t7-,8+/m1/s1. The van der Waals surface area contributed by atoms with Crippen molar-refractivity contribution in [2.75, 3.05) is 6.61 Å². The number of rotatable bonds is 3. The van der Waals surface area contributed by atoms with E-state index in [1.54, 1.807) is 0 Å². The molecule has 1 rings (SSSR count). The van der Waals surface area contributed by atoms with Crippen LogP contribution >= 0.6 is 12.2 Å². The molecule has 0 bridgehead atoms. The molecule has 0 radical (unpaired) electrons. The van der Waals surface area contributed by atoms with Crippen molar-refractivity contribution in [3.05, 3.63) is 0 Å². The van der Waals surface area contributed by atoms with Crippen LogP contribution in [0.5, 0.6) is 0 Å². The van der Waals surface area contributed by atoms with Crippen LogP contribution in [-0.2, 0) is 9.53 Å². The van der Waals surface area contributed by atoms with Crippen LogP contribution in [0.3, 0.4) is 0 Å². The number of ether oxygens (including phenoxy) is 1. The fraction of sp³-hybridized carbons (Fsp3) is 0.778. The summed E-state index contributed by atoms with van der Waals surface area (Å²) in [6, 6.07) is 0.0107. The number of aliphatic imine (C=N–C) groups is 1. The fourth-order valence-electron chi connectivity index (χ4n) is 1.69. The second-order valence-electron chi connectivity index (χ2n) is 3.08. The van der Waals surface area contributed by atoms with E-state index in [4.69, 9.17) is 4.74 Å². The highest BCUT2D eigenvalue weighted by molar-refractivity contribution is 7.78. The van der Waals surface area contributed by atoms with Crippen LogP contribution in [0.25, 0.3) is 0 Å². The minimum atomic E-state index is -0.140. The molecule has 4 heteroatoms. The molecule has 72 valence electrons. The van der Waals surface area contributed by atoms with E-state index in [1.807, 2.05) is 6.92 Å². The van der Waals surface area contributed by atoms with Crippen LogP contribution in [0.1, 0.15) is 26.2 Å². The minimum absolute atomic E-state index is 0.0107. The van der Waals surface area contributed by atoms with E-state index >= 15 is 0 Å². The zero-order valence-corrected chi connectivity index (χ0v) is 8.47. The van der Waals surface area contributed by atoms with Crippen molar-refractivity contribution < 1.29 is 9.53 Å². The van der Waals surface area contributed by atoms with E-state index in [0.717, 1.165) is 19.3 Å². The van der Waals surface area contributed by atoms with Gasteiger partial charge in [0.05, 0.1) is 23.7 Å². The first-order valence-electron chi connectivity index (χ1n) is 4.53. The van der Waals surface area contributed by atoms with Crippen molar-refractivity contribution in [1.29, 1.82) is 0 Å². The number of thiocarbonyl (C=S) groups is 1. The zero-order chi connectivity index (χ0) is 9.68. The largest absolute Gasteiger partial charge is 0.466 e. The number of isothiocyanates is 1. The molecule has 0 aromatic heterocycles. The summed E-state index contributed by atoms with van der Waals surface area (Å²) < 4.78 is 4.94. The summed E-state index contributed by atoms with van der Waals surface area (Å²) in [6.45, 7) is 2.24. The topological polar surface area (TPSA) is 38.7 Å². The highest BCUT2D eigenvalue weighted by atomic mass is 32.1. The van der Waals surface area contributed by atoms with E-state index in [0.29, 0.717) is 6.61 Å². The van der Waals surface area contributed by atoms with Crippen molar-refractivity contribution in [2.24, 2.45) is 10.9 Å². The van der Waals surface area contributed by atoms with Crippen LogP contribution in [-0.4, -0.2) is 23.8 Å². The van der Waals surface area contributed by atoms with Gasteiger partial charge in [-0.1, -0.05) is 6.42 Å². The summed E-state index contributed by atoms with van der Waals surface area (Å²) in [5.74, 6) is -0.227. The second kappa shape index (κ2) is 5.10. The van der Waals surface area contributed by atoms with Gasteiger partial charge in [-0.25, -0.2) is 4.99 Å². The van der Waals surface area contributed by atoms with Crippen LogP contribution in [0.4, 0.5) is 0 Å². The highest BCUT2D eigenvalue weighted by Gasteiger charge is 2.33. The molecule has 0 amide bonds. The van der Waals surface area contributed by atoms with E-state index < -0.39 is 0 Å². The smallest absolute Gasteiger partial charge is 0.311 e. The molecule has 1 aliphatic rings. The van der Waals surface area contributed by atoms with Gasteiger partial charge in [0.1, 0.15) is 0 Å². The Labute approximate surface area is 83.2 Å². The highest BCUT2D eigenvalue weighted by Crippen LogP contribution is 2.29. The summed E-state index contributed by atoms with van der Waals surface area (Å²) in [7, 11) is 0. The molecular weight excluding hydrogens is 186 g/mol. The third-order valence-corrected chi connectivity index (χ3v) is 2.39. The Bertz CT molecular complexity index is 236. The third-order valence-electron chi connectivity index (χ3n) is 2.29. The lowest BCUT2D eigenvalue weighted by Gasteiger charge is -2.12. The molecule has 0 aromatic carbocycles. The van der Waals surface area contributed by atoms with Crippen LogP contribution in [0, 0.1) is 5.92 Å². The normalized spacial score (nSPS) is 26.5. The number of hydrogen-bond donors (Lipinski definition) is 0. The summed E-state index contributed by atoms with van der Waals surface area (Å²) in [5, 5.41) is 2.34. The van der Waals surface area contributed by atoms with Gasteiger partial charge < -0.3 is 4.74 Å². The van der Waals surface area contributed by atoms with Gasteiger partial charge in [-0.2, -0.15) is 0 Å². The van der Waals surface area contributed by atoms with Gasteiger partial charge in [-0.05, 0) is 32.0 Å². The number of carbonyl (C=O) groups is 1. The summed E-state index contributed by atoms with van der Waals surface area (Å²) in [6.07, 6.45) is 2.81. The summed E-state index contributed by atoms with van der Waals surface area (Å²) in [4.78, 5) is 15.4. The zero-order valence-electron chi connectivity index (χ0n) is 7.66. The SMILES string of the molecule is CCOC(=O)[C@@H]1CCC[C@@H]1N=C=S. The Morgan fingerprint density at radius 1 is 1.69 bits per heavy atom. The Morgan fingerprint density at radius 2 is 2.46 bits per heavy atom. The molecule has 0 aliphatic heterocycles. The quantitative estimate of drug-likeness (QED) is 0.395. The summed E-state index contributed by atoms with van der Waals surface area (Å²) >= 11 is 4.52. The molecule has 1 saturated carbocycles. The average molecular weight is 199 g/mol. The van der Waals surface area contributed by atoms with Crippen molar-refractivity contribution in [3.63, 3.8) is 0 Å².